The first kappa shape index (κ1) is 30.6. The van der Waals surface area contributed by atoms with Gasteiger partial charge in [-0.05, 0) is 47.6 Å². The number of amidine groups is 1. The van der Waals surface area contributed by atoms with Gasteiger partial charge >= 0.3 is 18.1 Å². The number of alkyl halides is 3. The second-order valence-corrected chi connectivity index (χ2v) is 11.7. The summed E-state index contributed by atoms with van der Waals surface area (Å²) in [7, 11) is 0. The molecule has 216 valence electrons. The molecule has 8 nitrogen and oxygen atoms in total. The van der Waals surface area contributed by atoms with E-state index in [1.807, 2.05) is 0 Å². The minimum Gasteiger partial charge on any atom is -0.493 e. The van der Waals surface area contributed by atoms with Gasteiger partial charge in [0.2, 0.25) is 0 Å². The van der Waals surface area contributed by atoms with Crippen molar-refractivity contribution in [2.75, 3.05) is 13.2 Å². The second kappa shape index (κ2) is 10.6. The molecule has 0 amide bonds. The van der Waals surface area contributed by atoms with Gasteiger partial charge in [0, 0.05) is 28.8 Å². The van der Waals surface area contributed by atoms with E-state index in [1.165, 1.54) is 29.2 Å². The van der Waals surface area contributed by atoms with E-state index in [4.69, 9.17) is 14.9 Å². The predicted molar refractivity (Wildman–Crippen MR) is 142 cm³/mol. The molecule has 2 aromatic carbocycles. The highest BCUT2D eigenvalue weighted by atomic mass is 19.4. The Bertz CT molecular complexity index is 1350. The number of hydrogen-bond donors (Lipinski definition) is 2. The number of aromatic carboxylic acids is 1. The summed E-state index contributed by atoms with van der Waals surface area (Å²) in [5, 5.41) is 18.2. The number of halogens is 3. The quantitative estimate of drug-likeness (QED) is 0.246. The number of esters is 1. The number of carboxylic acid groups (broad SMARTS) is 1. The third kappa shape index (κ3) is 6.29. The molecule has 2 aromatic rings. The molecule has 1 aliphatic heterocycles. The number of rotatable bonds is 7. The molecule has 11 heteroatoms. The summed E-state index contributed by atoms with van der Waals surface area (Å²) < 4.78 is 49.7. The van der Waals surface area contributed by atoms with E-state index in [2.05, 4.69) is 0 Å². The van der Waals surface area contributed by atoms with Crippen LogP contribution in [0.3, 0.4) is 0 Å². The number of carbonyl (C=O) groups is 3. The summed E-state index contributed by atoms with van der Waals surface area (Å²) in [4.78, 5) is 38.6. The maximum atomic E-state index is 13.5. The Labute approximate surface area is 230 Å². The molecule has 0 saturated carbocycles. The standard InChI is InChI=1S/C29H33F3N2O6/c1-8-39-22-12-17-16(9-18(22)25(36)37)13-34(24(17)33)14-21(35)15-10-19(27(2,3)4)23(20(11-15)28(5,6)7)40-26(38)29(30,31)32/h9-12,33H,8,13-14H2,1-7H3,(H,36,37). The van der Waals surface area contributed by atoms with Crippen molar-refractivity contribution in [1.82, 2.24) is 4.90 Å². The van der Waals surface area contributed by atoms with Crippen LogP contribution in [-0.2, 0) is 22.2 Å². The lowest BCUT2D eigenvalue weighted by atomic mass is 9.78. The molecule has 0 spiro atoms. The Kier molecular flexibility index (Phi) is 8.11. The topological polar surface area (TPSA) is 117 Å². The van der Waals surface area contributed by atoms with Crippen molar-refractivity contribution in [3.8, 4) is 11.5 Å². The number of hydrogen-bond acceptors (Lipinski definition) is 6. The molecule has 1 aliphatic rings. The third-order valence-corrected chi connectivity index (χ3v) is 6.46. The van der Waals surface area contributed by atoms with Crippen LogP contribution in [0.25, 0.3) is 0 Å². The SMILES string of the molecule is CCOc1cc2c(cc1C(=O)O)CN(CC(=O)c1cc(C(C)(C)C)c(OC(=O)C(F)(F)F)c(C(C)(C)C)c1)C2=N. The first-order valence-electron chi connectivity index (χ1n) is 12.6. The maximum Gasteiger partial charge on any atom is 0.491 e. The van der Waals surface area contributed by atoms with Crippen LogP contribution in [0.1, 0.15) is 91.4 Å². The number of ether oxygens (including phenoxy) is 2. The highest BCUT2D eigenvalue weighted by Crippen LogP contribution is 2.42. The summed E-state index contributed by atoms with van der Waals surface area (Å²) in [6.45, 7) is 12.2. The maximum absolute atomic E-state index is 13.5. The Morgan fingerprint density at radius 3 is 1.98 bits per heavy atom. The van der Waals surface area contributed by atoms with Crippen LogP contribution in [0.15, 0.2) is 24.3 Å². The van der Waals surface area contributed by atoms with E-state index in [0.717, 1.165) is 0 Å². The molecule has 0 fully saturated rings. The molecule has 0 saturated heterocycles. The van der Waals surface area contributed by atoms with Gasteiger partial charge in [-0.2, -0.15) is 13.2 Å². The van der Waals surface area contributed by atoms with Crippen molar-refractivity contribution in [3.63, 3.8) is 0 Å². The molecule has 0 radical (unpaired) electrons. The van der Waals surface area contributed by atoms with Crippen molar-refractivity contribution >= 4 is 23.6 Å². The van der Waals surface area contributed by atoms with Crippen LogP contribution in [0, 0.1) is 5.41 Å². The normalized spacial score (nSPS) is 13.8. The number of carbonyl (C=O) groups excluding carboxylic acids is 2. The van der Waals surface area contributed by atoms with Gasteiger partial charge in [0.25, 0.3) is 0 Å². The van der Waals surface area contributed by atoms with E-state index >= 15 is 0 Å². The monoisotopic (exact) mass is 562 g/mol. The van der Waals surface area contributed by atoms with Crippen molar-refractivity contribution in [3.05, 3.63) is 57.6 Å². The van der Waals surface area contributed by atoms with Gasteiger partial charge < -0.3 is 19.5 Å². The summed E-state index contributed by atoms with van der Waals surface area (Å²) in [6, 6.07) is 5.77. The van der Waals surface area contributed by atoms with Crippen LogP contribution in [0.4, 0.5) is 13.2 Å². The zero-order chi connectivity index (χ0) is 30.4. The average Bonchev–Trinajstić information content (AvgIpc) is 3.10. The Morgan fingerprint density at radius 2 is 1.52 bits per heavy atom. The zero-order valence-corrected chi connectivity index (χ0v) is 23.5. The molecule has 1 heterocycles. The molecule has 40 heavy (non-hydrogen) atoms. The van der Waals surface area contributed by atoms with Crippen molar-refractivity contribution in [2.24, 2.45) is 0 Å². The molecule has 0 unspecified atom stereocenters. The van der Waals surface area contributed by atoms with E-state index in [9.17, 15) is 32.7 Å². The van der Waals surface area contributed by atoms with Gasteiger partial charge in [0.15, 0.2) is 5.78 Å². The van der Waals surface area contributed by atoms with Gasteiger partial charge in [0.1, 0.15) is 22.9 Å². The average molecular weight is 563 g/mol. The van der Waals surface area contributed by atoms with E-state index < -0.39 is 34.7 Å². The van der Waals surface area contributed by atoms with Gasteiger partial charge in [0.05, 0.1) is 13.2 Å². The van der Waals surface area contributed by atoms with E-state index in [1.54, 1.807) is 48.5 Å². The number of ketones is 1. The number of Topliss-reactive ketones (excluding diaryl/α,β-unsaturated/α-hetero) is 1. The largest absolute Gasteiger partial charge is 0.493 e. The number of nitrogens with zero attached hydrogens (tertiary/aromatic N) is 1. The fraction of sp³-hybridized carbons (Fsp3) is 0.448. The third-order valence-electron chi connectivity index (χ3n) is 6.46. The van der Waals surface area contributed by atoms with Gasteiger partial charge in [-0.3, -0.25) is 10.2 Å². The Hall–Kier alpha value is -3.89. The van der Waals surface area contributed by atoms with Gasteiger partial charge in [-0.15, -0.1) is 0 Å². The van der Waals surface area contributed by atoms with Crippen LogP contribution in [-0.4, -0.2) is 52.9 Å². The first-order valence-corrected chi connectivity index (χ1v) is 12.6. The van der Waals surface area contributed by atoms with Crippen LogP contribution >= 0.6 is 0 Å². The Morgan fingerprint density at radius 1 is 0.975 bits per heavy atom. The van der Waals surface area contributed by atoms with Crippen LogP contribution < -0.4 is 9.47 Å². The summed E-state index contributed by atoms with van der Waals surface area (Å²) in [5.41, 5.74) is 0.0666. The summed E-state index contributed by atoms with van der Waals surface area (Å²) in [6.07, 6.45) is -5.20. The predicted octanol–water partition coefficient (Wildman–Crippen LogP) is 5.87. The molecule has 3 rings (SSSR count). The molecule has 0 aliphatic carbocycles. The number of nitrogens with one attached hydrogen (secondary N) is 1. The number of fused-ring (bicyclic) bond motifs is 1. The molecule has 2 N–H and O–H groups in total. The second-order valence-electron chi connectivity index (χ2n) is 11.7. The highest BCUT2D eigenvalue weighted by molar-refractivity contribution is 6.06. The Balaban J connectivity index is 2.03. The fourth-order valence-electron chi connectivity index (χ4n) is 4.44. The van der Waals surface area contributed by atoms with E-state index in [-0.39, 0.29) is 59.3 Å². The number of benzene rings is 2. The first-order chi connectivity index (χ1) is 18.3. The van der Waals surface area contributed by atoms with Crippen molar-refractivity contribution < 1.29 is 42.1 Å². The van der Waals surface area contributed by atoms with Crippen molar-refractivity contribution in [1.29, 1.82) is 5.41 Å². The molecule has 0 bridgehead atoms. The molecular formula is C29H33F3N2O6. The lowest BCUT2D eigenvalue weighted by Gasteiger charge is -2.30. The lowest BCUT2D eigenvalue weighted by Crippen LogP contribution is -2.32. The number of carboxylic acids is 1. The molecule has 0 atom stereocenters. The van der Waals surface area contributed by atoms with E-state index in [0.29, 0.717) is 11.1 Å². The summed E-state index contributed by atoms with van der Waals surface area (Å²) >= 11 is 0. The van der Waals surface area contributed by atoms with Crippen LogP contribution in [0.2, 0.25) is 0 Å². The van der Waals surface area contributed by atoms with Crippen molar-refractivity contribution in [2.45, 2.75) is 72.0 Å². The summed E-state index contributed by atoms with van der Waals surface area (Å²) in [5.74, 6) is -4.03. The lowest BCUT2D eigenvalue weighted by molar-refractivity contribution is -0.189. The zero-order valence-electron chi connectivity index (χ0n) is 23.5. The van der Waals surface area contributed by atoms with Gasteiger partial charge in [-0.25, -0.2) is 9.59 Å². The van der Waals surface area contributed by atoms with Gasteiger partial charge in [-0.1, -0.05) is 41.5 Å². The minimum atomic E-state index is -5.20. The molecular weight excluding hydrogens is 529 g/mol. The smallest absolute Gasteiger partial charge is 0.491 e. The highest BCUT2D eigenvalue weighted by Gasteiger charge is 2.43. The molecule has 0 aromatic heterocycles. The van der Waals surface area contributed by atoms with Crippen LogP contribution in [0.5, 0.6) is 11.5 Å². The minimum absolute atomic E-state index is 0.0176. The fourth-order valence-corrected chi connectivity index (χ4v) is 4.44.